The quantitative estimate of drug-likeness (QED) is 0.562. The van der Waals surface area contributed by atoms with E-state index in [1.807, 2.05) is 24.8 Å². The van der Waals surface area contributed by atoms with Gasteiger partial charge in [0.05, 0.1) is 5.52 Å². The van der Waals surface area contributed by atoms with E-state index in [1.54, 1.807) is 31.3 Å². The lowest BCUT2D eigenvalue weighted by Crippen LogP contribution is -2.57. The van der Waals surface area contributed by atoms with Gasteiger partial charge in [-0.3, -0.25) is 9.47 Å². The fourth-order valence-corrected chi connectivity index (χ4v) is 4.88. The SMILES string of the molecule is CC(c1ccc2c(c1)OC(F)(F)O2)N1C[C@H](C)N(c2nc(=O)n(C)c3ccc(C#N)nc23)C[C@@H]1C. The van der Waals surface area contributed by atoms with Crippen molar-refractivity contribution in [3.63, 3.8) is 0 Å². The van der Waals surface area contributed by atoms with Crippen molar-refractivity contribution in [1.29, 1.82) is 5.26 Å². The average Bonchev–Trinajstić information content (AvgIpc) is 3.14. The van der Waals surface area contributed by atoms with E-state index >= 15 is 0 Å². The first-order valence-electron chi connectivity index (χ1n) is 11.3. The van der Waals surface area contributed by atoms with Gasteiger partial charge < -0.3 is 14.4 Å². The number of benzene rings is 1. The third kappa shape index (κ3) is 3.93. The number of fused-ring (bicyclic) bond motifs is 2. The van der Waals surface area contributed by atoms with Gasteiger partial charge in [-0.05, 0) is 50.6 Å². The largest absolute Gasteiger partial charge is 0.586 e. The Morgan fingerprint density at radius 3 is 2.60 bits per heavy atom. The van der Waals surface area contributed by atoms with Gasteiger partial charge in [0.2, 0.25) is 0 Å². The molecule has 2 aromatic heterocycles. The van der Waals surface area contributed by atoms with Gasteiger partial charge in [-0.1, -0.05) is 6.07 Å². The van der Waals surface area contributed by atoms with Crippen molar-refractivity contribution >= 4 is 16.9 Å². The smallest absolute Gasteiger partial charge is 0.395 e. The fraction of sp³-hybridized carbons (Fsp3) is 0.417. The van der Waals surface area contributed by atoms with Crippen molar-refractivity contribution in [2.75, 3.05) is 18.0 Å². The van der Waals surface area contributed by atoms with Crippen LogP contribution < -0.4 is 20.1 Å². The molecular formula is C24H24F2N6O3. The summed E-state index contributed by atoms with van der Waals surface area (Å²) in [5.41, 5.74) is 1.79. The summed E-state index contributed by atoms with van der Waals surface area (Å²) in [4.78, 5) is 25.7. The predicted octanol–water partition coefficient (Wildman–Crippen LogP) is 3.18. The van der Waals surface area contributed by atoms with E-state index in [2.05, 4.69) is 31.3 Å². The van der Waals surface area contributed by atoms with Crippen LogP contribution in [0.1, 0.15) is 38.1 Å². The van der Waals surface area contributed by atoms with Crippen LogP contribution in [0.4, 0.5) is 14.6 Å². The van der Waals surface area contributed by atoms with Crippen LogP contribution in [0.2, 0.25) is 0 Å². The molecule has 1 unspecified atom stereocenters. The molecule has 1 fully saturated rings. The lowest BCUT2D eigenvalue weighted by molar-refractivity contribution is -0.286. The standard InChI is InChI=1S/C24H24F2N6O3/c1-13-12-32(22-21-18(30(4)23(33)29-22)7-6-17(10-27)28-21)14(2)11-31(13)15(3)16-5-8-19-20(9-16)35-24(25,26)34-19/h5-9,13-15H,11-12H2,1-4H3/t13-,14-,15?/m0/s1. The molecule has 0 bridgehead atoms. The Hall–Kier alpha value is -3.78. The minimum atomic E-state index is -3.65. The number of ether oxygens (including phenoxy) is 2. The molecule has 3 atom stereocenters. The number of pyridine rings is 1. The Kier molecular flexibility index (Phi) is 5.36. The fourth-order valence-electron chi connectivity index (χ4n) is 4.88. The number of hydrogen-bond acceptors (Lipinski definition) is 8. The molecular weight excluding hydrogens is 458 g/mol. The van der Waals surface area contributed by atoms with Gasteiger partial charge in [0.15, 0.2) is 17.3 Å². The van der Waals surface area contributed by atoms with E-state index < -0.39 is 12.0 Å². The van der Waals surface area contributed by atoms with Crippen LogP contribution in [0.15, 0.2) is 35.1 Å². The Morgan fingerprint density at radius 2 is 1.86 bits per heavy atom. The van der Waals surface area contributed by atoms with E-state index in [-0.39, 0.29) is 35.3 Å². The summed E-state index contributed by atoms with van der Waals surface area (Å²) in [6.45, 7) is 7.30. The molecule has 0 amide bonds. The van der Waals surface area contributed by atoms with Crippen LogP contribution in [0.25, 0.3) is 11.0 Å². The molecule has 1 aromatic carbocycles. The van der Waals surface area contributed by atoms with E-state index in [9.17, 15) is 18.8 Å². The minimum Gasteiger partial charge on any atom is -0.395 e. The number of nitrogens with zero attached hydrogens (tertiary/aromatic N) is 6. The van der Waals surface area contributed by atoms with Crippen molar-refractivity contribution in [3.8, 4) is 17.6 Å². The molecule has 4 heterocycles. The monoisotopic (exact) mass is 482 g/mol. The predicted molar refractivity (Wildman–Crippen MR) is 124 cm³/mol. The molecule has 11 heteroatoms. The van der Waals surface area contributed by atoms with Gasteiger partial charge >= 0.3 is 12.0 Å². The first-order valence-corrected chi connectivity index (χ1v) is 11.3. The summed E-state index contributed by atoms with van der Waals surface area (Å²) in [5, 5.41) is 9.33. The van der Waals surface area contributed by atoms with Crippen LogP contribution in [0.5, 0.6) is 11.5 Å². The van der Waals surface area contributed by atoms with Gasteiger partial charge in [0.1, 0.15) is 17.3 Å². The second kappa shape index (κ2) is 8.16. The van der Waals surface area contributed by atoms with Crippen LogP contribution in [-0.4, -0.2) is 50.9 Å². The normalized spacial score (nSPS) is 22.3. The highest BCUT2D eigenvalue weighted by atomic mass is 19.3. The number of alkyl halides is 2. The van der Waals surface area contributed by atoms with Gasteiger partial charge in [-0.2, -0.15) is 10.2 Å². The summed E-state index contributed by atoms with van der Waals surface area (Å²) in [6.07, 6.45) is -3.65. The van der Waals surface area contributed by atoms with Crippen LogP contribution >= 0.6 is 0 Å². The number of halogens is 2. The van der Waals surface area contributed by atoms with Crippen molar-refractivity contribution < 1.29 is 18.3 Å². The molecule has 1 saturated heterocycles. The number of nitriles is 1. The Balaban J connectivity index is 1.44. The molecule has 5 rings (SSSR count). The second-order valence-electron chi connectivity index (χ2n) is 9.05. The highest BCUT2D eigenvalue weighted by Crippen LogP contribution is 2.43. The van der Waals surface area contributed by atoms with Crippen molar-refractivity contribution in [2.24, 2.45) is 7.05 Å². The molecule has 0 radical (unpaired) electrons. The Morgan fingerprint density at radius 1 is 1.11 bits per heavy atom. The molecule has 0 aliphatic carbocycles. The van der Waals surface area contributed by atoms with E-state index in [1.165, 1.54) is 10.6 Å². The summed E-state index contributed by atoms with van der Waals surface area (Å²) in [6, 6.07) is 10.1. The van der Waals surface area contributed by atoms with Gasteiger partial charge in [-0.25, -0.2) is 9.78 Å². The first kappa shape index (κ1) is 23.0. The van der Waals surface area contributed by atoms with Crippen LogP contribution in [0.3, 0.4) is 0 Å². The average molecular weight is 482 g/mol. The molecule has 2 aliphatic heterocycles. The van der Waals surface area contributed by atoms with Crippen molar-refractivity contribution in [2.45, 2.75) is 45.2 Å². The van der Waals surface area contributed by atoms with Crippen molar-refractivity contribution in [3.05, 3.63) is 52.1 Å². The van der Waals surface area contributed by atoms with Gasteiger partial charge in [0.25, 0.3) is 0 Å². The molecule has 3 aromatic rings. The number of hydrogen-bond donors (Lipinski definition) is 0. The highest BCUT2D eigenvalue weighted by molar-refractivity contribution is 5.86. The zero-order valence-electron chi connectivity index (χ0n) is 19.7. The molecule has 182 valence electrons. The number of aryl methyl sites for hydroxylation is 1. The maximum atomic E-state index is 13.4. The summed E-state index contributed by atoms with van der Waals surface area (Å²) in [7, 11) is 1.63. The molecule has 0 spiro atoms. The zero-order valence-corrected chi connectivity index (χ0v) is 19.7. The van der Waals surface area contributed by atoms with E-state index in [4.69, 9.17) is 0 Å². The maximum absolute atomic E-state index is 13.4. The third-order valence-electron chi connectivity index (χ3n) is 6.76. The topological polar surface area (TPSA) is 96.5 Å². The highest BCUT2D eigenvalue weighted by Gasteiger charge is 2.44. The third-order valence-corrected chi connectivity index (χ3v) is 6.76. The lowest BCUT2D eigenvalue weighted by Gasteiger charge is -2.47. The Bertz CT molecular complexity index is 1420. The molecule has 9 nitrogen and oxygen atoms in total. The number of anilines is 1. The first-order chi connectivity index (χ1) is 16.6. The van der Waals surface area contributed by atoms with Crippen LogP contribution in [0, 0.1) is 11.3 Å². The second-order valence-corrected chi connectivity index (χ2v) is 9.05. The molecule has 0 N–H and O–H groups in total. The lowest BCUT2D eigenvalue weighted by atomic mass is 10.0. The number of piperazine rings is 1. The number of aromatic nitrogens is 3. The zero-order chi connectivity index (χ0) is 25.1. The van der Waals surface area contributed by atoms with Gasteiger partial charge in [0, 0.05) is 38.3 Å². The summed E-state index contributed by atoms with van der Waals surface area (Å²) in [5.74, 6) is 0.496. The van der Waals surface area contributed by atoms with Crippen LogP contribution in [-0.2, 0) is 7.05 Å². The molecule has 35 heavy (non-hydrogen) atoms. The van der Waals surface area contributed by atoms with E-state index in [0.29, 0.717) is 29.9 Å². The maximum Gasteiger partial charge on any atom is 0.586 e. The van der Waals surface area contributed by atoms with Gasteiger partial charge in [-0.15, -0.1) is 8.78 Å². The summed E-state index contributed by atoms with van der Waals surface area (Å²) >= 11 is 0. The molecule has 2 aliphatic rings. The molecule has 0 saturated carbocycles. The summed E-state index contributed by atoms with van der Waals surface area (Å²) < 4.78 is 37.4. The number of rotatable bonds is 3. The van der Waals surface area contributed by atoms with E-state index in [0.717, 1.165) is 5.56 Å². The minimum absolute atomic E-state index is 0.0186. The van der Waals surface area contributed by atoms with Crippen molar-refractivity contribution in [1.82, 2.24) is 19.4 Å². The Labute approximate surface area is 200 Å².